The van der Waals surface area contributed by atoms with Crippen molar-refractivity contribution in [2.75, 3.05) is 11.5 Å². The second-order valence-corrected chi connectivity index (χ2v) is 7.70. The van der Waals surface area contributed by atoms with Gasteiger partial charge < -0.3 is 4.57 Å². The summed E-state index contributed by atoms with van der Waals surface area (Å²) in [5.74, 6) is -0.183. The van der Waals surface area contributed by atoms with Crippen molar-refractivity contribution in [2.45, 2.75) is 26.1 Å². The van der Waals surface area contributed by atoms with Crippen molar-refractivity contribution in [3.63, 3.8) is 0 Å². The fourth-order valence-corrected chi connectivity index (χ4v) is 3.72. The minimum atomic E-state index is -4.66. The first-order chi connectivity index (χ1) is 10.6. The van der Waals surface area contributed by atoms with E-state index in [2.05, 4.69) is 0 Å². The lowest BCUT2D eigenvalue weighted by Gasteiger charge is -2.16. The molecule has 0 amide bonds. The first-order valence-electron chi connectivity index (χ1n) is 6.92. The SMILES string of the molecule is CCS(=O)(=O)CC(C)n1ccc2c(C(F)(F)F)c(C#N)ccc21. The van der Waals surface area contributed by atoms with E-state index in [-0.39, 0.29) is 22.4 Å². The summed E-state index contributed by atoms with van der Waals surface area (Å²) in [4.78, 5) is 0. The van der Waals surface area contributed by atoms with Crippen molar-refractivity contribution in [3.8, 4) is 6.07 Å². The van der Waals surface area contributed by atoms with Gasteiger partial charge in [-0.05, 0) is 25.1 Å². The maximum atomic E-state index is 13.2. The van der Waals surface area contributed by atoms with Gasteiger partial charge in [0.2, 0.25) is 0 Å². The highest BCUT2D eigenvalue weighted by molar-refractivity contribution is 7.91. The van der Waals surface area contributed by atoms with Crippen LogP contribution in [0.3, 0.4) is 0 Å². The molecule has 8 heteroatoms. The molecule has 2 rings (SSSR count). The molecule has 0 aliphatic heterocycles. The summed E-state index contributed by atoms with van der Waals surface area (Å²) >= 11 is 0. The molecule has 0 N–H and O–H groups in total. The molecule has 0 fully saturated rings. The van der Waals surface area contributed by atoms with Crippen LogP contribution in [0.2, 0.25) is 0 Å². The molecule has 1 unspecified atom stereocenters. The number of alkyl halides is 3. The van der Waals surface area contributed by atoms with Crippen molar-refractivity contribution in [1.82, 2.24) is 4.57 Å². The number of nitrogens with zero attached hydrogens (tertiary/aromatic N) is 2. The Labute approximate surface area is 132 Å². The third-order valence-corrected chi connectivity index (χ3v) is 5.59. The first kappa shape index (κ1) is 17.3. The zero-order chi connectivity index (χ0) is 17.4. The molecular formula is C15H15F3N2O2S. The molecule has 23 heavy (non-hydrogen) atoms. The number of fused-ring (bicyclic) bond motifs is 1. The minimum Gasteiger partial charge on any atom is -0.344 e. The second kappa shape index (κ2) is 5.89. The van der Waals surface area contributed by atoms with Crippen molar-refractivity contribution >= 4 is 20.7 Å². The van der Waals surface area contributed by atoms with Gasteiger partial charge >= 0.3 is 6.18 Å². The Hall–Kier alpha value is -2.01. The fourth-order valence-electron chi connectivity index (χ4n) is 2.59. The third-order valence-electron chi connectivity index (χ3n) is 3.72. The predicted molar refractivity (Wildman–Crippen MR) is 80.7 cm³/mol. The Balaban J connectivity index is 2.61. The Bertz CT molecular complexity index is 876. The van der Waals surface area contributed by atoms with E-state index in [4.69, 9.17) is 5.26 Å². The number of nitriles is 1. The number of aromatic nitrogens is 1. The number of benzene rings is 1. The molecule has 0 aliphatic carbocycles. The zero-order valence-electron chi connectivity index (χ0n) is 12.6. The van der Waals surface area contributed by atoms with Crippen LogP contribution in [0, 0.1) is 11.3 Å². The molecule has 0 spiro atoms. The summed E-state index contributed by atoms with van der Waals surface area (Å²) < 4.78 is 64.7. The summed E-state index contributed by atoms with van der Waals surface area (Å²) in [7, 11) is -3.26. The van der Waals surface area contributed by atoms with Gasteiger partial charge in [0.25, 0.3) is 0 Å². The Morgan fingerprint density at radius 1 is 1.30 bits per heavy atom. The van der Waals surface area contributed by atoms with Crippen LogP contribution in [0.25, 0.3) is 10.9 Å². The average molecular weight is 344 g/mol. The van der Waals surface area contributed by atoms with Gasteiger partial charge in [-0.2, -0.15) is 18.4 Å². The molecule has 1 heterocycles. The number of hydrogen-bond donors (Lipinski definition) is 0. The summed E-state index contributed by atoms with van der Waals surface area (Å²) in [6.07, 6.45) is -3.23. The van der Waals surface area contributed by atoms with Crippen LogP contribution < -0.4 is 0 Å². The topological polar surface area (TPSA) is 62.9 Å². The van der Waals surface area contributed by atoms with Crippen LogP contribution in [-0.2, 0) is 16.0 Å². The molecule has 0 aliphatic rings. The Morgan fingerprint density at radius 2 is 1.96 bits per heavy atom. The Morgan fingerprint density at radius 3 is 2.48 bits per heavy atom. The molecule has 0 saturated heterocycles. The molecule has 2 aromatic rings. The Kier molecular flexibility index (Phi) is 4.44. The van der Waals surface area contributed by atoms with Crippen molar-refractivity contribution in [3.05, 3.63) is 35.5 Å². The molecule has 0 bridgehead atoms. The molecule has 1 aromatic heterocycles. The van der Waals surface area contributed by atoms with Crippen molar-refractivity contribution < 1.29 is 21.6 Å². The highest BCUT2D eigenvalue weighted by Gasteiger charge is 2.36. The highest BCUT2D eigenvalue weighted by Crippen LogP contribution is 2.38. The normalized spacial score (nSPS) is 13.9. The molecular weight excluding hydrogens is 329 g/mol. The van der Waals surface area contributed by atoms with Gasteiger partial charge in [0, 0.05) is 28.9 Å². The van der Waals surface area contributed by atoms with Crippen LogP contribution in [-0.4, -0.2) is 24.5 Å². The van der Waals surface area contributed by atoms with Crippen LogP contribution >= 0.6 is 0 Å². The van der Waals surface area contributed by atoms with E-state index in [1.165, 1.54) is 29.8 Å². The molecule has 124 valence electrons. The highest BCUT2D eigenvalue weighted by atomic mass is 32.2. The number of hydrogen-bond acceptors (Lipinski definition) is 3. The zero-order valence-corrected chi connectivity index (χ0v) is 13.4. The number of sulfone groups is 1. The maximum Gasteiger partial charge on any atom is 0.418 e. The van der Waals surface area contributed by atoms with Crippen LogP contribution in [0.4, 0.5) is 13.2 Å². The van der Waals surface area contributed by atoms with Crippen molar-refractivity contribution in [2.24, 2.45) is 0 Å². The van der Waals surface area contributed by atoms with Gasteiger partial charge in [0.05, 0.1) is 22.9 Å². The summed E-state index contributed by atoms with van der Waals surface area (Å²) in [6.45, 7) is 3.16. The van der Waals surface area contributed by atoms with Gasteiger partial charge in [0.1, 0.15) is 0 Å². The largest absolute Gasteiger partial charge is 0.418 e. The number of halogens is 3. The fraction of sp³-hybridized carbons (Fsp3) is 0.400. The molecule has 1 atom stereocenters. The van der Waals surface area contributed by atoms with Gasteiger partial charge in [-0.3, -0.25) is 0 Å². The average Bonchev–Trinajstić information content (AvgIpc) is 2.88. The third kappa shape index (κ3) is 3.34. The van der Waals surface area contributed by atoms with Crippen LogP contribution in [0.5, 0.6) is 0 Å². The molecule has 4 nitrogen and oxygen atoms in total. The van der Waals surface area contributed by atoms with E-state index < -0.39 is 33.2 Å². The van der Waals surface area contributed by atoms with Gasteiger partial charge in [-0.1, -0.05) is 6.92 Å². The van der Waals surface area contributed by atoms with Gasteiger partial charge in [-0.15, -0.1) is 0 Å². The van der Waals surface area contributed by atoms with Gasteiger partial charge in [-0.25, -0.2) is 8.42 Å². The summed E-state index contributed by atoms with van der Waals surface area (Å²) in [5.41, 5.74) is -1.17. The van der Waals surface area contributed by atoms with Crippen LogP contribution in [0.1, 0.15) is 31.0 Å². The van der Waals surface area contributed by atoms with E-state index in [0.717, 1.165) is 6.07 Å². The molecule has 1 aromatic carbocycles. The van der Waals surface area contributed by atoms with E-state index in [1.807, 2.05) is 0 Å². The smallest absolute Gasteiger partial charge is 0.344 e. The monoisotopic (exact) mass is 344 g/mol. The predicted octanol–water partition coefficient (Wildman–Crippen LogP) is 3.53. The summed E-state index contributed by atoms with van der Waals surface area (Å²) in [5, 5.41) is 8.81. The lowest BCUT2D eigenvalue weighted by molar-refractivity contribution is -0.136. The quantitative estimate of drug-likeness (QED) is 0.852. The molecule has 0 radical (unpaired) electrons. The standard InChI is InChI=1S/C15H15F3N2O2S/c1-3-23(21,22)9-10(2)20-7-6-12-13(20)5-4-11(8-19)14(12)15(16,17)18/h4-7,10H,3,9H2,1-2H3. The van der Waals surface area contributed by atoms with Gasteiger partial charge in [0.15, 0.2) is 9.84 Å². The van der Waals surface area contributed by atoms with Crippen molar-refractivity contribution in [1.29, 1.82) is 5.26 Å². The summed E-state index contributed by atoms with van der Waals surface area (Å²) in [6, 6.07) is 4.85. The molecule has 0 saturated carbocycles. The second-order valence-electron chi connectivity index (χ2n) is 5.30. The lowest BCUT2D eigenvalue weighted by atomic mass is 10.0. The lowest BCUT2D eigenvalue weighted by Crippen LogP contribution is -2.18. The van der Waals surface area contributed by atoms with E-state index in [0.29, 0.717) is 0 Å². The first-order valence-corrected chi connectivity index (χ1v) is 8.74. The van der Waals surface area contributed by atoms with E-state index in [9.17, 15) is 21.6 Å². The maximum absolute atomic E-state index is 13.2. The van der Waals surface area contributed by atoms with Crippen LogP contribution in [0.15, 0.2) is 24.4 Å². The minimum absolute atomic E-state index is 0.0249. The number of rotatable bonds is 4. The van der Waals surface area contributed by atoms with E-state index >= 15 is 0 Å². The van der Waals surface area contributed by atoms with E-state index in [1.54, 1.807) is 13.0 Å².